The molecule has 0 spiro atoms. The zero-order valence-electron chi connectivity index (χ0n) is 19.9. The molecule has 9 nitrogen and oxygen atoms in total. The molecule has 1 aliphatic heterocycles. The molecule has 0 radical (unpaired) electrons. The van der Waals surface area contributed by atoms with Crippen LogP contribution in [0.3, 0.4) is 0 Å². The number of benzene rings is 1. The molecule has 5 rings (SSSR count). The minimum absolute atomic E-state index is 0.0390. The molecule has 0 fully saturated rings. The second-order valence-corrected chi connectivity index (χ2v) is 10.1. The number of nitrogens with one attached hydrogen (secondary N) is 2. The van der Waals surface area contributed by atoms with E-state index in [-0.39, 0.29) is 23.1 Å². The number of aromatic nitrogens is 5. The smallest absolute Gasteiger partial charge is 0.330 e. The van der Waals surface area contributed by atoms with Crippen molar-refractivity contribution in [3.05, 3.63) is 70.4 Å². The number of H-pyrrole nitrogens is 1. The average molecular weight is 460 g/mol. The molecule has 176 valence electrons. The van der Waals surface area contributed by atoms with Gasteiger partial charge in [0, 0.05) is 32.0 Å². The van der Waals surface area contributed by atoms with Gasteiger partial charge in [0.2, 0.25) is 0 Å². The third kappa shape index (κ3) is 3.98. The van der Waals surface area contributed by atoms with Gasteiger partial charge in [0.1, 0.15) is 11.5 Å². The van der Waals surface area contributed by atoms with Crippen LogP contribution in [0.25, 0.3) is 11.2 Å². The van der Waals surface area contributed by atoms with E-state index in [0.717, 1.165) is 29.0 Å². The molecule has 1 aliphatic rings. The largest absolute Gasteiger partial charge is 0.346 e. The quantitative estimate of drug-likeness (QED) is 0.489. The summed E-state index contributed by atoms with van der Waals surface area (Å²) in [4.78, 5) is 32.6. The number of hydrogen-bond donors (Lipinski definition) is 2. The average Bonchev–Trinajstić information content (AvgIpc) is 3.42. The summed E-state index contributed by atoms with van der Waals surface area (Å²) >= 11 is 0. The monoisotopic (exact) mass is 459 g/mol. The van der Waals surface area contributed by atoms with Gasteiger partial charge in [-0.25, -0.2) is 9.78 Å². The maximum absolute atomic E-state index is 13.0. The van der Waals surface area contributed by atoms with Crippen molar-refractivity contribution in [2.75, 3.05) is 11.4 Å². The molecule has 9 heteroatoms. The van der Waals surface area contributed by atoms with Crippen molar-refractivity contribution >= 4 is 28.6 Å². The fourth-order valence-corrected chi connectivity index (χ4v) is 4.60. The molecule has 34 heavy (non-hydrogen) atoms. The number of pyridine rings is 1. The number of imidazole rings is 1. The van der Waals surface area contributed by atoms with Crippen molar-refractivity contribution in [2.24, 2.45) is 12.5 Å². The van der Waals surface area contributed by atoms with Crippen molar-refractivity contribution in [3.8, 4) is 0 Å². The van der Waals surface area contributed by atoms with Crippen molar-refractivity contribution in [1.29, 1.82) is 0 Å². The number of carbonyl (C=O) groups excluding carboxylic acids is 1. The first kappa shape index (κ1) is 21.9. The van der Waals surface area contributed by atoms with Gasteiger partial charge < -0.3 is 10.2 Å². The van der Waals surface area contributed by atoms with Gasteiger partial charge in [-0.2, -0.15) is 5.10 Å². The van der Waals surface area contributed by atoms with Gasteiger partial charge >= 0.3 is 5.69 Å². The topological polar surface area (TPSA) is 101 Å². The fourth-order valence-electron chi connectivity index (χ4n) is 4.60. The number of carbonyl (C=O) groups is 1. The van der Waals surface area contributed by atoms with E-state index in [1.54, 1.807) is 28.4 Å². The second kappa shape index (κ2) is 8.16. The van der Waals surface area contributed by atoms with Crippen LogP contribution in [0, 0.1) is 5.41 Å². The van der Waals surface area contributed by atoms with Gasteiger partial charge in [0.15, 0.2) is 5.65 Å². The van der Waals surface area contributed by atoms with E-state index in [2.05, 4.69) is 53.3 Å². The molecule has 3 aromatic heterocycles. The number of rotatable bonds is 4. The first-order valence-electron chi connectivity index (χ1n) is 11.4. The van der Waals surface area contributed by atoms with Crippen LogP contribution in [0.4, 0.5) is 11.5 Å². The van der Waals surface area contributed by atoms with Crippen LogP contribution in [0.5, 0.6) is 0 Å². The van der Waals surface area contributed by atoms with E-state index in [1.165, 1.54) is 0 Å². The van der Waals surface area contributed by atoms with Gasteiger partial charge in [-0.3, -0.25) is 19.0 Å². The molecule has 4 heterocycles. The van der Waals surface area contributed by atoms with Gasteiger partial charge in [0.25, 0.3) is 5.91 Å². The van der Waals surface area contributed by atoms with Crippen molar-refractivity contribution in [3.63, 3.8) is 0 Å². The van der Waals surface area contributed by atoms with Gasteiger partial charge in [-0.1, -0.05) is 39.0 Å². The molecule has 2 N–H and O–H groups in total. The number of hydrogen-bond acceptors (Lipinski definition) is 5. The van der Waals surface area contributed by atoms with E-state index >= 15 is 0 Å². The lowest BCUT2D eigenvalue weighted by atomic mass is 9.97. The van der Waals surface area contributed by atoms with E-state index in [4.69, 9.17) is 4.98 Å². The number of aryl methyl sites for hydroxylation is 1. The minimum Gasteiger partial charge on any atom is -0.346 e. The van der Waals surface area contributed by atoms with Crippen LogP contribution in [0.1, 0.15) is 36.8 Å². The van der Waals surface area contributed by atoms with E-state index in [0.29, 0.717) is 24.4 Å². The van der Waals surface area contributed by atoms with E-state index in [1.807, 2.05) is 24.3 Å². The maximum atomic E-state index is 13.0. The summed E-state index contributed by atoms with van der Waals surface area (Å²) in [6.45, 7) is 7.51. The number of para-hydroxylation sites is 1. The Hall–Kier alpha value is -3.88. The molecule has 0 saturated heterocycles. The summed E-state index contributed by atoms with van der Waals surface area (Å²) in [5.74, 6) is 0.552. The van der Waals surface area contributed by atoms with Crippen LogP contribution >= 0.6 is 0 Å². The molecular formula is C25H29N7O2. The predicted octanol–water partition coefficient (Wildman–Crippen LogP) is 3.00. The van der Waals surface area contributed by atoms with E-state index < -0.39 is 0 Å². The summed E-state index contributed by atoms with van der Waals surface area (Å²) in [5.41, 5.74) is 3.97. The molecule has 1 amide bonds. The molecular weight excluding hydrogens is 430 g/mol. The predicted molar refractivity (Wildman–Crippen MR) is 131 cm³/mol. The lowest BCUT2D eigenvalue weighted by Crippen LogP contribution is -2.47. The Labute approximate surface area is 197 Å². The second-order valence-electron chi connectivity index (χ2n) is 10.1. The fraction of sp³-hybridized carbons (Fsp3) is 0.360. The van der Waals surface area contributed by atoms with Crippen molar-refractivity contribution in [1.82, 2.24) is 29.6 Å². The molecule has 1 atom stereocenters. The van der Waals surface area contributed by atoms with Crippen LogP contribution in [0.15, 0.2) is 53.5 Å². The normalized spacial score (nSPS) is 16.0. The highest BCUT2D eigenvalue weighted by Gasteiger charge is 2.28. The summed E-state index contributed by atoms with van der Waals surface area (Å²) in [6.07, 6.45) is 2.28. The number of nitrogens with zero attached hydrogens (tertiary/aromatic N) is 5. The highest BCUT2D eigenvalue weighted by molar-refractivity contribution is 5.92. The lowest BCUT2D eigenvalue weighted by molar-refractivity contribution is 0.0932. The van der Waals surface area contributed by atoms with Gasteiger partial charge in [-0.05, 0) is 41.7 Å². The Morgan fingerprint density at radius 1 is 1.18 bits per heavy atom. The van der Waals surface area contributed by atoms with Crippen LogP contribution in [0.2, 0.25) is 0 Å². The summed E-state index contributed by atoms with van der Waals surface area (Å²) in [7, 11) is 1.76. The van der Waals surface area contributed by atoms with Crippen LogP contribution in [-0.2, 0) is 20.0 Å². The van der Waals surface area contributed by atoms with Crippen molar-refractivity contribution < 1.29 is 4.79 Å². The summed E-state index contributed by atoms with van der Waals surface area (Å²) < 4.78 is 3.40. The Bertz CT molecular complexity index is 1410. The van der Waals surface area contributed by atoms with Crippen LogP contribution < -0.4 is 15.9 Å². The van der Waals surface area contributed by atoms with Crippen molar-refractivity contribution in [2.45, 2.75) is 39.8 Å². The molecule has 1 unspecified atom stereocenters. The number of amides is 1. The Morgan fingerprint density at radius 3 is 2.71 bits per heavy atom. The Balaban J connectivity index is 1.52. The lowest BCUT2D eigenvalue weighted by Gasteiger charge is -2.35. The Morgan fingerprint density at radius 2 is 1.97 bits per heavy atom. The third-order valence-corrected chi connectivity index (χ3v) is 6.11. The summed E-state index contributed by atoms with van der Waals surface area (Å²) in [5, 5.41) is 9.69. The minimum atomic E-state index is -0.188. The SMILES string of the molecule is Cn1c(=O)n(CC(C)(C)C)c2ccc(N3CC(NC(=O)c4ccn[nH]4)Cc4ccccc43)nc21. The highest BCUT2D eigenvalue weighted by atomic mass is 16.2. The number of anilines is 2. The molecule has 0 bridgehead atoms. The maximum Gasteiger partial charge on any atom is 0.330 e. The third-order valence-electron chi connectivity index (χ3n) is 6.11. The van der Waals surface area contributed by atoms with Gasteiger partial charge in [-0.15, -0.1) is 0 Å². The van der Waals surface area contributed by atoms with Crippen LogP contribution in [-0.4, -0.2) is 42.8 Å². The first-order chi connectivity index (χ1) is 16.2. The molecule has 1 aromatic carbocycles. The molecule has 4 aromatic rings. The molecule has 0 aliphatic carbocycles. The summed E-state index contributed by atoms with van der Waals surface area (Å²) in [6, 6.07) is 13.6. The number of fused-ring (bicyclic) bond motifs is 2. The molecule has 0 saturated carbocycles. The number of aromatic amines is 1. The highest BCUT2D eigenvalue weighted by Crippen LogP contribution is 2.33. The van der Waals surface area contributed by atoms with E-state index in [9.17, 15) is 9.59 Å². The zero-order chi connectivity index (χ0) is 24.0. The standard InChI is InChI=1S/C25H29N7O2/c1-25(2,3)15-32-20-9-10-21(28-22(20)30(4)24(32)34)31-14-17(13-16-7-5-6-8-19(16)31)27-23(33)18-11-12-26-29-18/h5-12,17H,13-15H2,1-4H3,(H,26,29)(H,27,33). The Kier molecular flexibility index (Phi) is 5.27. The van der Waals surface area contributed by atoms with Gasteiger partial charge in [0.05, 0.1) is 11.6 Å². The zero-order valence-corrected chi connectivity index (χ0v) is 19.9. The first-order valence-corrected chi connectivity index (χ1v) is 11.4.